The van der Waals surface area contributed by atoms with Crippen molar-refractivity contribution in [1.29, 1.82) is 0 Å². The Labute approximate surface area is 114 Å². The van der Waals surface area contributed by atoms with Gasteiger partial charge in [-0.2, -0.15) is 18.3 Å². The molecule has 1 heterocycles. The molecule has 1 rings (SSSR count). The standard InChI is InChI=1S/C12H18F3N3O2/c1-8(2)9-6-10(18-17-9)11(19)16-4-3-5-20-7-12(13,14)15/h6,8H,3-5,7H2,1-2H3,(H,16,19)(H,17,18). The van der Waals surface area contributed by atoms with Crippen molar-refractivity contribution in [3.8, 4) is 0 Å². The van der Waals surface area contributed by atoms with Crippen molar-refractivity contribution in [2.45, 2.75) is 32.4 Å². The average Bonchev–Trinajstić information content (AvgIpc) is 2.81. The number of nitrogens with one attached hydrogen (secondary N) is 2. The zero-order valence-corrected chi connectivity index (χ0v) is 11.4. The molecule has 0 spiro atoms. The lowest BCUT2D eigenvalue weighted by atomic mass is 10.1. The van der Waals surface area contributed by atoms with Crippen molar-refractivity contribution in [2.24, 2.45) is 0 Å². The Morgan fingerprint density at radius 3 is 2.75 bits per heavy atom. The molecule has 1 amide bonds. The van der Waals surface area contributed by atoms with Crippen LogP contribution in [0.15, 0.2) is 6.07 Å². The molecule has 0 radical (unpaired) electrons. The number of ether oxygens (including phenoxy) is 1. The Morgan fingerprint density at radius 1 is 1.50 bits per heavy atom. The minimum absolute atomic E-state index is 0.0579. The van der Waals surface area contributed by atoms with Gasteiger partial charge in [-0.25, -0.2) is 0 Å². The first-order valence-corrected chi connectivity index (χ1v) is 6.27. The van der Waals surface area contributed by atoms with Crippen LogP contribution in [0.5, 0.6) is 0 Å². The van der Waals surface area contributed by atoms with Gasteiger partial charge in [-0.15, -0.1) is 0 Å². The highest BCUT2D eigenvalue weighted by Crippen LogP contribution is 2.14. The summed E-state index contributed by atoms with van der Waals surface area (Å²) in [4.78, 5) is 11.7. The first kappa shape index (κ1) is 16.5. The quantitative estimate of drug-likeness (QED) is 0.758. The summed E-state index contributed by atoms with van der Waals surface area (Å²) >= 11 is 0. The van der Waals surface area contributed by atoms with E-state index in [1.165, 1.54) is 0 Å². The molecule has 2 N–H and O–H groups in total. The number of alkyl halides is 3. The van der Waals surface area contributed by atoms with E-state index in [1.54, 1.807) is 6.07 Å². The largest absolute Gasteiger partial charge is 0.411 e. The van der Waals surface area contributed by atoms with Gasteiger partial charge in [0.25, 0.3) is 5.91 Å². The maximum atomic E-state index is 11.8. The van der Waals surface area contributed by atoms with Crippen LogP contribution < -0.4 is 5.32 Å². The molecule has 0 saturated carbocycles. The molecule has 0 fully saturated rings. The summed E-state index contributed by atoms with van der Waals surface area (Å²) in [6, 6.07) is 1.65. The highest BCUT2D eigenvalue weighted by Gasteiger charge is 2.27. The number of nitrogens with zero attached hydrogens (tertiary/aromatic N) is 1. The second-order valence-electron chi connectivity index (χ2n) is 4.64. The molecule has 5 nitrogen and oxygen atoms in total. The molecule has 20 heavy (non-hydrogen) atoms. The van der Waals surface area contributed by atoms with Gasteiger partial charge in [0.05, 0.1) is 0 Å². The third kappa shape index (κ3) is 6.05. The second kappa shape index (κ2) is 7.28. The van der Waals surface area contributed by atoms with E-state index in [1.807, 2.05) is 13.8 Å². The van der Waals surface area contributed by atoms with E-state index in [0.29, 0.717) is 6.42 Å². The van der Waals surface area contributed by atoms with Crippen LogP contribution in [0.2, 0.25) is 0 Å². The predicted molar refractivity (Wildman–Crippen MR) is 66.5 cm³/mol. The van der Waals surface area contributed by atoms with Crippen molar-refractivity contribution in [3.63, 3.8) is 0 Å². The molecule has 0 aliphatic rings. The minimum Gasteiger partial charge on any atom is -0.372 e. The summed E-state index contributed by atoms with van der Waals surface area (Å²) in [6.07, 6.45) is -4.01. The molecule has 0 aliphatic heterocycles. The lowest BCUT2D eigenvalue weighted by molar-refractivity contribution is -0.173. The first-order chi connectivity index (χ1) is 9.29. The molecule has 0 saturated heterocycles. The number of carbonyl (C=O) groups is 1. The van der Waals surface area contributed by atoms with Gasteiger partial charge in [0.2, 0.25) is 0 Å². The highest BCUT2D eigenvalue weighted by molar-refractivity contribution is 5.92. The van der Waals surface area contributed by atoms with Crippen LogP contribution in [0.25, 0.3) is 0 Å². The van der Waals surface area contributed by atoms with Gasteiger partial charge in [-0.1, -0.05) is 13.8 Å². The zero-order valence-electron chi connectivity index (χ0n) is 11.4. The summed E-state index contributed by atoms with van der Waals surface area (Å²) in [5.41, 5.74) is 1.12. The average molecular weight is 293 g/mol. The molecule has 114 valence electrons. The van der Waals surface area contributed by atoms with E-state index in [2.05, 4.69) is 20.3 Å². The van der Waals surface area contributed by atoms with E-state index >= 15 is 0 Å². The summed E-state index contributed by atoms with van der Waals surface area (Å²) < 4.78 is 39.7. The second-order valence-corrected chi connectivity index (χ2v) is 4.64. The van der Waals surface area contributed by atoms with E-state index in [4.69, 9.17) is 0 Å². The van der Waals surface area contributed by atoms with Gasteiger partial charge in [-0.3, -0.25) is 9.89 Å². The summed E-state index contributed by atoms with van der Waals surface area (Å²) in [6.45, 7) is 2.84. The van der Waals surface area contributed by atoms with Gasteiger partial charge >= 0.3 is 6.18 Å². The Balaban J connectivity index is 2.20. The van der Waals surface area contributed by atoms with Crippen LogP contribution in [-0.2, 0) is 4.74 Å². The maximum Gasteiger partial charge on any atom is 0.411 e. The van der Waals surface area contributed by atoms with Crippen molar-refractivity contribution < 1.29 is 22.7 Å². The molecule has 0 atom stereocenters. The minimum atomic E-state index is -4.31. The SMILES string of the molecule is CC(C)c1cc(C(=O)NCCCOCC(F)(F)F)n[nH]1. The number of amides is 1. The third-order valence-electron chi connectivity index (χ3n) is 2.47. The van der Waals surface area contributed by atoms with E-state index in [0.717, 1.165) is 5.69 Å². The molecule has 0 unspecified atom stereocenters. The highest BCUT2D eigenvalue weighted by atomic mass is 19.4. The smallest absolute Gasteiger partial charge is 0.372 e. The maximum absolute atomic E-state index is 11.8. The van der Waals surface area contributed by atoms with Crippen LogP contribution in [0.1, 0.15) is 42.4 Å². The van der Waals surface area contributed by atoms with Crippen molar-refractivity contribution in [3.05, 3.63) is 17.5 Å². The lowest BCUT2D eigenvalue weighted by Gasteiger charge is -2.07. The van der Waals surface area contributed by atoms with Crippen molar-refractivity contribution in [1.82, 2.24) is 15.5 Å². The van der Waals surface area contributed by atoms with Crippen molar-refractivity contribution in [2.75, 3.05) is 19.8 Å². The van der Waals surface area contributed by atoms with E-state index in [9.17, 15) is 18.0 Å². The zero-order chi connectivity index (χ0) is 15.2. The van der Waals surface area contributed by atoms with Gasteiger partial charge in [0.15, 0.2) is 0 Å². The number of aromatic nitrogens is 2. The molecule has 1 aromatic rings. The fourth-order valence-corrected chi connectivity index (χ4v) is 1.40. The summed E-state index contributed by atoms with van der Waals surface area (Å²) in [7, 11) is 0. The molecule has 0 bridgehead atoms. The van der Waals surface area contributed by atoms with Crippen LogP contribution in [0, 0.1) is 0 Å². The molecule has 8 heteroatoms. The fourth-order valence-electron chi connectivity index (χ4n) is 1.40. The van der Waals surface area contributed by atoms with E-state index < -0.39 is 12.8 Å². The fraction of sp³-hybridized carbons (Fsp3) is 0.667. The number of carbonyl (C=O) groups excluding carboxylic acids is 1. The number of rotatable bonds is 7. The number of hydrogen-bond acceptors (Lipinski definition) is 3. The number of aromatic amines is 1. The number of hydrogen-bond donors (Lipinski definition) is 2. The normalized spacial score (nSPS) is 11.9. The monoisotopic (exact) mass is 293 g/mol. The Kier molecular flexibility index (Phi) is 6.00. The van der Waals surface area contributed by atoms with Gasteiger partial charge in [0, 0.05) is 18.8 Å². The van der Waals surface area contributed by atoms with Crippen LogP contribution in [0.4, 0.5) is 13.2 Å². The lowest BCUT2D eigenvalue weighted by Crippen LogP contribution is -2.26. The van der Waals surface area contributed by atoms with Gasteiger partial charge in [-0.05, 0) is 18.4 Å². The Hall–Kier alpha value is -1.57. The molecule has 0 aliphatic carbocycles. The summed E-state index contributed by atoms with van der Waals surface area (Å²) in [5.74, 6) is -0.121. The number of H-pyrrole nitrogens is 1. The first-order valence-electron chi connectivity index (χ1n) is 6.27. The molecular formula is C12H18F3N3O2. The third-order valence-corrected chi connectivity index (χ3v) is 2.47. The van der Waals surface area contributed by atoms with Crippen LogP contribution in [-0.4, -0.2) is 42.0 Å². The van der Waals surface area contributed by atoms with Gasteiger partial charge in [0.1, 0.15) is 12.3 Å². The van der Waals surface area contributed by atoms with Crippen molar-refractivity contribution >= 4 is 5.91 Å². The Bertz CT molecular complexity index is 430. The molecular weight excluding hydrogens is 275 g/mol. The Morgan fingerprint density at radius 2 is 2.20 bits per heavy atom. The topological polar surface area (TPSA) is 67.0 Å². The van der Waals surface area contributed by atoms with Crippen LogP contribution in [0.3, 0.4) is 0 Å². The summed E-state index contributed by atoms with van der Waals surface area (Å²) in [5, 5.41) is 9.19. The number of halogens is 3. The predicted octanol–water partition coefficient (Wildman–Crippen LogP) is 2.23. The van der Waals surface area contributed by atoms with Crippen LogP contribution >= 0.6 is 0 Å². The molecule has 0 aromatic carbocycles. The van der Waals surface area contributed by atoms with Gasteiger partial charge < -0.3 is 10.1 Å². The molecule has 1 aromatic heterocycles. The van der Waals surface area contributed by atoms with E-state index in [-0.39, 0.29) is 30.7 Å².